The first-order valence-electron chi connectivity index (χ1n) is 6.14. The number of amides is 1. The topological polar surface area (TPSA) is 125 Å². The Morgan fingerprint density at radius 1 is 1.57 bits per heavy atom. The van der Waals surface area contributed by atoms with Crippen LogP contribution in [-0.2, 0) is 26.6 Å². The van der Waals surface area contributed by atoms with Crippen molar-refractivity contribution in [1.29, 1.82) is 0 Å². The number of ether oxygens (including phenoxy) is 1. The molecule has 1 fully saturated rings. The summed E-state index contributed by atoms with van der Waals surface area (Å²) in [6.45, 7) is 0.165. The van der Waals surface area contributed by atoms with Crippen molar-refractivity contribution in [3.63, 3.8) is 0 Å². The van der Waals surface area contributed by atoms with Gasteiger partial charge in [0.05, 0.1) is 19.1 Å². The number of rotatable bonds is 4. The molecule has 2 rings (SSSR count). The van der Waals surface area contributed by atoms with Gasteiger partial charge in [-0.1, -0.05) is 0 Å². The smallest absolute Gasteiger partial charge is 0.343 e. The summed E-state index contributed by atoms with van der Waals surface area (Å²) in [6.07, 6.45) is 1.36. The van der Waals surface area contributed by atoms with Crippen molar-refractivity contribution < 1.29 is 22.7 Å². The number of hydrogen-bond donors (Lipinski definition) is 1. The number of carbonyl (C=O) groups excluding carboxylic acids is 2. The molecule has 2 heterocycles. The third-order valence-electron chi connectivity index (χ3n) is 3.24. The van der Waals surface area contributed by atoms with E-state index in [0.717, 1.165) is 0 Å². The van der Waals surface area contributed by atoms with E-state index in [4.69, 9.17) is 5.14 Å². The van der Waals surface area contributed by atoms with Crippen molar-refractivity contribution in [1.82, 2.24) is 9.78 Å². The molecule has 0 spiro atoms. The summed E-state index contributed by atoms with van der Waals surface area (Å²) in [6, 6.07) is 0. The fourth-order valence-corrected chi connectivity index (χ4v) is 3.31. The number of carbonyl (C=O) groups is 2. The Hall–Kier alpha value is -1.94. The van der Waals surface area contributed by atoms with Crippen LogP contribution < -0.4 is 10.0 Å². The van der Waals surface area contributed by atoms with E-state index in [9.17, 15) is 18.0 Å². The molecule has 9 nitrogen and oxygen atoms in total. The number of hydrogen-bond acceptors (Lipinski definition) is 6. The number of aryl methyl sites for hydroxylation is 1. The summed E-state index contributed by atoms with van der Waals surface area (Å²) in [4.78, 5) is 25.1. The third kappa shape index (κ3) is 3.22. The molecule has 21 heavy (non-hydrogen) atoms. The molecule has 1 aromatic heterocycles. The Kier molecular flexibility index (Phi) is 4.01. The number of methoxy groups -OCH3 is 1. The predicted octanol–water partition coefficient (Wildman–Crippen LogP) is -1.15. The standard InChI is InChI=1S/C11H16N4O5S/c1-14-10(8(4-13-14)11(17)20-2)15-5-7(3-9(15)16)6-21(12,18)19/h4,7H,3,5-6H2,1-2H3,(H2,12,18,19). The maximum Gasteiger partial charge on any atom is 0.343 e. The Bertz CT molecular complexity index is 681. The fourth-order valence-electron chi connectivity index (χ4n) is 2.43. The second-order valence-electron chi connectivity index (χ2n) is 4.90. The SMILES string of the molecule is COC(=O)c1cnn(C)c1N1CC(CS(N)(=O)=O)CC1=O. The lowest BCUT2D eigenvalue weighted by molar-refractivity contribution is -0.117. The normalized spacial score (nSPS) is 19.1. The van der Waals surface area contributed by atoms with E-state index in [0.29, 0.717) is 5.82 Å². The van der Waals surface area contributed by atoms with Crippen molar-refractivity contribution in [3.8, 4) is 0 Å². The van der Waals surface area contributed by atoms with E-state index < -0.39 is 21.9 Å². The van der Waals surface area contributed by atoms with Crippen molar-refractivity contribution in [2.45, 2.75) is 6.42 Å². The lowest BCUT2D eigenvalue weighted by atomic mass is 10.1. The van der Waals surface area contributed by atoms with E-state index in [1.54, 1.807) is 7.05 Å². The van der Waals surface area contributed by atoms with E-state index in [-0.39, 0.29) is 30.2 Å². The Morgan fingerprint density at radius 3 is 2.81 bits per heavy atom. The summed E-state index contributed by atoms with van der Waals surface area (Å²) in [5.41, 5.74) is 0.157. The van der Waals surface area contributed by atoms with Gasteiger partial charge in [-0.2, -0.15) is 5.10 Å². The van der Waals surface area contributed by atoms with E-state index in [2.05, 4.69) is 9.84 Å². The summed E-state index contributed by atoms with van der Waals surface area (Å²) in [5, 5.41) is 8.95. The summed E-state index contributed by atoms with van der Waals surface area (Å²) in [7, 11) is -0.841. The highest BCUT2D eigenvalue weighted by atomic mass is 32.2. The van der Waals surface area contributed by atoms with Crippen LogP contribution in [0.3, 0.4) is 0 Å². The van der Waals surface area contributed by atoms with Crippen molar-refractivity contribution >= 4 is 27.7 Å². The highest BCUT2D eigenvalue weighted by Gasteiger charge is 2.36. The molecule has 1 aliphatic rings. The molecule has 0 aromatic carbocycles. The number of nitrogens with two attached hydrogens (primary N) is 1. The molecule has 0 saturated carbocycles. The number of esters is 1. The number of aromatic nitrogens is 2. The molecule has 116 valence electrons. The van der Waals surface area contributed by atoms with Crippen LogP contribution in [0.4, 0.5) is 5.82 Å². The first kappa shape index (κ1) is 15.4. The molecular formula is C11H16N4O5S. The van der Waals surface area contributed by atoms with Gasteiger partial charge in [0.25, 0.3) is 0 Å². The lowest BCUT2D eigenvalue weighted by Crippen LogP contribution is -2.30. The fraction of sp³-hybridized carbons (Fsp3) is 0.545. The quantitative estimate of drug-likeness (QED) is 0.699. The zero-order chi connectivity index (χ0) is 15.8. The number of sulfonamides is 1. The first-order valence-corrected chi connectivity index (χ1v) is 7.85. The highest BCUT2D eigenvalue weighted by molar-refractivity contribution is 7.89. The molecule has 10 heteroatoms. The lowest BCUT2D eigenvalue weighted by Gasteiger charge is -2.18. The second kappa shape index (κ2) is 5.45. The van der Waals surface area contributed by atoms with E-state index in [1.165, 1.54) is 22.9 Å². The number of anilines is 1. The van der Waals surface area contributed by atoms with Crippen LogP contribution in [0.15, 0.2) is 6.20 Å². The van der Waals surface area contributed by atoms with Crippen molar-refractivity contribution in [2.24, 2.45) is 18.1 Å². The largest absolute Gasteiger partial charge is 0.465 e. The van der Waals surface area contributed by atoms with Crippen LogP contribution in [0.5, 0.6) is 0 Å². The van der Waals surface area contributed by atoms with E-state index in [1.807, 2.05) is 0 Å². The molecule has 1 aromatic rings. The van der Waals surface area contributed by atoms with E-state index >= 15 is 0 Å². The Balaban J connectivity index is 2.29. The Morgan fingerprint density at radius 2 is 2.24 bits per heavy atom. The molecule has 2 N–H and O–H groups in total. The van der Waals surface area contributed by atoms with Crippen LogP contribution in [0.2, 0.25) is 0 Å². The van der Waals surface area contributed by atoms with Crippen molar-refractivity contribution in [2.75, 3.05) is 24.3 Å². The highest BCUT2D eigenvalue weighted by Crippen LogP contribution is 2.28. The maximum atomic E-state index is 12.1. The molecule has 0 aliphatic carbocycles. The molecule has 1 unspecified atom stereocenters. The van der Waals surface area contributed by atoms with Gasteiger partial charge in [0, 0.05) is 25.9 Å². The second-order valence-corrected chi connectivity index (χ2v) is 6.56. The molecule has 1 aliphatic heterocycles. The zero-order valence-corrected chi connectivity index (χ0v) is 12.5. The van der Waals surface area contributed by atoms with Crippen molar-refractivity contribution in [3.05, 3.63) is 11.8 Å². The van der Waals surface area contributed by atoms with Crippen LogP contribution in [-0.4, -0.2) is 49.5 Å². The molecule has 1 saturated heterocycles. The van der Waals surface area contributed by atoms with Crippen LogP contribution in [0.1, 0.15) is 16.8 Å². The number of nitrogens with zero attached hydrogens (tertiary/aromatic N) is 3. The molecule has 0 bridgehead atoms. The molecule has 0 radical (unpaired) electrons. The molecule has 1 amide bonds. The summed E-state index contributed by atoms with van der Waals surface area (Å²) in [5.74, 6) is -1.28. The van der Waals surface area contributed by atoms with Gasteiger partial charge in [-0.3, -0.25) is 14.4 Å². The van der Waals surface area contributed by atoms with Gasteiger partial charge >= 0.3 is 5.97 Å². The van der Waals surface area contributed by atoms with Gasteiger partial charge in [-0.25, -0.2) is 18.4 Å². The Labute approximate surface area is 121 Å². The van der Waals surface area contributed by atoms with Crippen LogP contribution in [0.25, 0.3) is 0 Å². The monoisotopic (exact) mass is 316 g/mol. The average molecular weight is 316 g/mol. The van der Waals surface area contributed by atoms with Crippen LogP contribution >= 0.6 is 0 Å². The maximum absolute atomic E-state index is 12.1. The van der Waals surface area contributed by atoms with Gasteiger partial charge < -0.3 is 4.74 Å². The summed E-state index contributed by atoms with van der Waals surface area (Å²) >= 11 is 0. The molecule has 1 atom stereocenters. The van der Waals surface area contributed by atoms with Gasteiger partial charge in [0.15, 0.2) is 0 Å². The van der Waals surface area contributed by atoms with Gasteiger partial charge in [-0.05, 0) is 0 Å². The van der Waals surface area contributed by atoms with Gasteiger partial charge in [0.1, 0.15) is 11.4 Å². The van der Waals surface area contributed by atoms with Gasteiger partial charge in [-0.15, -0.1) is 0 Å². The average Bonchev–Trinajstić information content (AvgIpc) is 2.89. The molecular weight excluding hydrogens is 300 g/mol. The minimum atomic E-state index is -3.66. The van der Waals surface area contributed by atoms with Crippen LogP contribution in [0, 0.1) is 5.92 Å². The minimum Gasteiger partial charge on any atom is -0.465 e. The summed E-state index contributed by atoms with van der Waals surface area (Å²) < 4.78 is 28.3. The minimum absolute atomic E-state index is 0.0578. The van der Waals surface area contributed by atoms with Gasteiger partial charge in [0.2, 0.25) is 15.9 Å². The number of primary sulfonamides is 1. The predicted molar refractivity (Wildman–Crippen MR) is 73.0 cm³/mol. The zero-order valence-electron chi connectivity index (χ0n) is 11.6. The third-order valence-corrected chi connectivity index (χ3v) is 4.18. The first-order chi connectivity index (χ1) is 9.73.